The fourth-order valence-electron chi connectivity index (χ4n) is 2.95. The summed E-state index contributed by atoms with van der Waals surface area (Å²) in [4.78, 5) is 0. The SMILES string of the molecule is N#CC1(C(O)c2ccc(C(F)F)cc2)CCCCCC1. The molecule has 1 aromatic rings. The average Bonchev–Trinajstić information content (AvgIpc) is 2.73. The van der Waals surface area contributed by atoms with Gasteiger partial charge in [-0.3, -0.25) is 0 Å². The van der Waals surface area contributed by atoms with Crippen LogP contribution in [0.5, 0.6) is 0 Å². The van der Waals surface area contributed by atoms with Crippen LogP contribution in [0, 0.1) is 16.7 Å². The Balaban J connectivity index is 2.23. The van der Waals surface area contributed by atoms with E-state index < -0.39 is 17.9 Å². The lowest BCUT2D eigenvalue weighted by Crippen LogP contribution is -2.27. The Morgan fingerprint density at radius 1 is 1.00 bits per heavy atom. The quantitative estimate of drug-likeness (QED) is 0.826. The van der Waals surface area contributed by atoms with Gasteiger partial charge in [-0.05, 0) is 18.4 Å². The predicted molar refractivity (Wildman–Crippen MR) is 72.1 cm³/mol. The molecule has 0 aliphatic heterocycles. The van der Waals surface area contributed by atoms with Crippen molar-refractivity contribution in [2.45, 2.75) is 51.1 Å². The summed E-state index contributed by atoms with van der Waals surface area (Å²) in [5.41, 5.74) is -0.284. The predicted octanol–water partition coefficient (Wildman–Crippen LogP) is 4.52. The van der Waals surface area contributed by atoms with Crippen molar-refractivity contribution in [2.24, 2.45) is 5.41 Å². The zero-order valence-corrected chi connectivity index (χ0v) is 11.4. The van der Waals surface area contributed by atoms with Gasteiger partial charge in [0, 0.05) is 5.56 Å². The molecule has 1 aromatic carbocycles. The van der Waals surface area contributed by atoms with Crippen LogP contribution in [-0.2, 0) is 0 Å². The van der Waals surface area contributed by atoms with Crippen LogP contribution < -0.4 is 0 Å². The van der Waals surface area contributed by atoms with Gasteiger partial charge in [-0.15, -0.1) is 0 Å². The van der Waals surface area contributed by atoms with Gasteiger partial charge in [-0.2, -0.15) is 5.26 Å². The molecule has 1 unspecified atom stereocenters. The van der Waals surface area contributed by atoms with Crippen molar-refractivity contribution >= 4 is 0 Å². The van der Waals surface area contributed by atoms with Crippen LogP contribution in [0.15, 0.2) is 24.3 Å². The topological polar surface area (TPSA) is 44.0 Å². The molecule has 20 heavy (non-hydrogen) atoms. The number of hydrogen-bond donors (Lipinski definition) is 1. The number of nitriles is 1. The zero-order chi connectivity index (χ0) is 14.6. The Labute approximate surface area is 118 Å². The number of rotatable bonds is 3. The zero-order valence-electron chi connectivity index (χ0n) is 11.4. The van der Waals surface area contributed by atoms with E-state index in [2.05, 4.69) is 6.07 Å². The van der Waals surface area contributed by atoms with Crippen LogP contribution in [-0.4, -0.2) is 5.11 Å². The van der Waals surface area contributed by atoms with Gasteiger partial charge >= 0.3 is 0 Å². The molecule has 1 aliphatic rings. The Kier molecular flexibility index (Phi) is 4.72. The molecule has 0 heterocycles. The van der Waals surface area contributed by atoms with E-state index in [1.807, 2.05) is 0 Å². The summed E-state index contributed by atoms with van der Waals surface area (Å²) in [7, 11) is 0. The van der Waals surface area contributed by atoms with Gasteiger partial charge in [0.25, 0.3) is 6.43 Å². The maximum Gasteiger partial charge on any atom is 0.263 e. The number of aliphatic hydroxyl groups is 1. The van der Waals surface area contributed by atoms with E-state index in [9.17, 15) is 19.1 Å². The van der Waals surface area contributed by atoms with E-state index in [0.717, 1.165) is 25.7 Å². The molecular weight excluding hydrogens is 260 g/mol. The molecule has 2 nitrogen and oxygen atoms in total. The monoisotopic (exact) mass is 279 g/mol. The minimum absolute atomic E-state index is 0.0622. The van der Waals surface area contributed by atoms with Crippen LogP contribution in [0.3, 0.4) is 0 Å². The maximum absolute atomic E-state index is 12.5. The van der Waals surface area contributed by atoms with Crippen molar-refractivity contribution in [3.8, 4) is 6.07 Å². The third-order valence-corrected chi connectivity index (χ3v) is 4.25. The summed E-state index contributed by atoms with van der Waals surface area (Å²) in [6, 6.07) is 7.96. The highest BCUT2D eigenvalue weighted by molar-refractivity contribution is 5.28. The Morgan fingerprint density at radius 2 is 1.50 bits per heavy atom. The molecule has 0 spiro atoms. The molecule has 0 aromatic heterocycles. The molecule has 0 radical (unpaired) electrons. The Morgan fingerprint density at radius 3 is 1.95 bits per heavy atom. The van der Waals surface area contributed by atoms with Crippen molar-refractivity contribution in [3.63, 3.8) is 0 Å². The van der Waals surface area contributed by atoms with Gasteiger partial charge in [-0.25, -0.2) is 8.78 Å². The first kappa shape index (κ1) is 14.9. The summed E-state index contributed by atoms with van der Waals surface area (Å²) < 4.78 is 25.1. The first-order valence-electron chi connectivity index (χ1n) is 7.06. The second-order valence-corrected chi connectivity index (χ2v) is 5.55. The molecule has 0 amide bonds. The number of halogens is 2. The summed E-state index contributed by atoms with van der Waals surface area (Å²) >= 11 is 0. The lowest BCUT2D eigenvalue weighted by molar-refractivity contribution is 0.0515. The van der Waals surface area contributed by atoms with Crippen LogP contribution in [0.2, 0.25) is 0 Å². The molecule has 1 atom stereocenters. The number of benzene rings is 1. The lowest BCUT2D eigenvalue weighted by Gasteiger charge is -2.31. The van der Waals surface area contributed by atoms with E-state index in [0.29, 0.717) is 18.4 Å². The van der Waals surface area contributed by atoms with Gasteiger partial charge in [0.1, 0.15) is 0 Å². The fraction of sp³-hybridized carbons (Fsp3) is 0.562. The summed E-state index contributed by atoms with van der Waals surface area (Å²) in [6.07, 6.45) is 1.95. The average molecular weight is 279 g/mol. The molecule has 1 aliphatic carbocycles. The van der Waals surface area contributed by atoms with Crippen LogP contribution in [0.25, 0.3) is 0 Å². The van der Waals surface area contributed by atoms with Gasteiger partial charge < -0.3 is 5.11 Å². The van der Waals surface area contributed by atoms with Crippen molar-refractivity contribution in [1.29, 1.82) is 5.26 Å². The minimum atomic E-state index is -2.51. The summed E-state index contributed by atoms with van der Waals surface area (Å²) in [5.74, 6) is 0. The standard InChI is InChI=1S/C16H19F2NO/c17-15(18)13-7-5-12(6-8-13)14(20)16(11-19)9-3-1-2-4-10-16/h5-8,14-15,20H,1-4,9-10H2. The van der Waals surface area contributed by atoms with Crippen LogP contribution in [0.1, 0.15) is 62.2 Å². The molecule has 4 heteroatoms. The minimum Gasteiger partial charge on any atom is -0.387 e. The Hall–Kier alpha value is -1.47. The van der Waals surface area contributed by atoms with Gasteiger partial charge in [0.2, 0.25) is 0 Å². The van der Waals surface area contributed by atoms with Crippen molar-refractivity contribution in [2.75, 3.05) is 0 Å². The fourth-order valence-corrected chi connectivity index (χ4v) is 2.95. The van der Waals surface area contributed by atoms with Crippen molar-refractivity contribution in [1.82, 2.24) is 0 Å². The highest BCUT2D eigenvalue weighted by atomic mass is 19.3. The number of hydrogen-bond acceptors (Lipinski definition) is 2. The highest BCUT2D eigenvalue weighted by Crippen LogP contribution is 2.44. The van der Waals surface area contributed by atoms with Crippen LogP contribution >= 0.6 is 0 Å². The number of alkyl halides is 2. The molecule has 0 bridgehead atoms. The molecule has 2 rings (SSSR count). The normalized spacial score (nSPS) is 20.1. The van der Waals surface area contributed by atoms with E-state index in [4.69, 9.17) is 0 Å². The van der Waals surface area contributed by atoms with Crippen molar-refractivity contribution in [3.05, 3.63) is 35.4 Å². The summed E-state index contributed by atoms with van der Waals surface area (Å²) in [6.45, 7) is 0. The first-order chi connectivity index (χ1) is 9.59. The van der Waals surface area contributed by atoms with E-state index in [1.165, 1.54) is 24.3 Å². The largest absolute Gasteiger partial charge is 0.387 e. The second-order valence-electron chi connectivity index (χ2n) is 5.55. The van der Waals surface area contributed by atoms with Gasteiger partial charge in [-0.1, -0.05) is 49.9 Å². The molecular formula is C16H19F2NO. The molecule has 1 fully saturated rings. The maximum atomic E-state index is 12.5. The molecule has 1 N–H and O–H groups in total. The van der Waals surface area contributed by atoms with Gasteiger partial charge in [0.15, 0.2) is 0 Å². The Bertz CT molecular complexity index is 470. The van der Waals surface area contributed by atoms with Crippen LogP contribution in [0.4, 0.5) is 8.78 Å². The first-order valence-corrected chi connectivity index (χ1v) is 7.06. The third-order valence-electron chi connectivity index (χ3n) is 4.25. The summed E-state index contributed by atoms with van der Waals surface area (Å²) in [5, 5.41) is 20.1. The van der Waals surface area contributed by atoms with E-state index >= 15 is 0 Å². The number of nitrogens with zero attached hydrogens (tertiary/aromatic N) is 1. The highest BCUT2D eigenvalue weighted by Gasteiger charge is 2.39. The second kappa shape index (κ2) is 6.32. The lowest BCUT2D eigenvalue weighted by atomic mass is 9.74. The van der Waals surface area contributed by atoms with E-state index in [1.54, 1.807) is 0 Å². The van der Waals surface area contributed by atoms with Gasteiger partial charge in [0.05, 0.1) is 17.6 Å². The molecule has 108 valence electrons. The van der Waals surface area contributed by atoms with E-state index in [-0.39, 0.29) is 5.56 Å². The number of aliphatic hydroxyl groups excluding tert-OH is 1. The smallest absolute Gasteiger partial charge is 0.263 e. The van der Waals surface area contributed by atoms with Crippen molar-refractivity contribution < 1.29 is 13.9 Å². The third kappa shape index (κ3) is 2.99. The molecule has 1 saturated carbocycles. The molecule has 0 saturated heterocycles.